The zero-order valence-electron chi connectivity index (χ0n) is 8.57. The van der Waals surface area contributed by atoms with E-state index < -0.39 is 23.1 Å². The van der Waals surface area contributed by atoms with Crippen molar-refractivity contribution in [3.63, 3.8) is 0 Å². The minimum absolute atomic E-state index is 0.478. The van der Waals surface area contributed by atoms with Crippen LogP contribution < -0.4 is 4.90 Å². The number of nitrogens with zero attached hydrogens (tertiary/aromatic N) is 2. The molecule has 1 aliphatic rings. The average molecular weight is 222 g/mol. The maximum atomic E-state index is 11.3. The molecule has 0 aromatic heterocycles. The van der Waals surface area contributed by atoms with E-state index in [9.17, 15) is 14.9 Å². The SMILES string of the molecule is COC(=O)C1C([N+](=O)[O-])N1c1ccccc1. The third-order valence-electron chi connectivity index (χ3n) is 2.49. The summed E-state index contributed by atoms with van der Waals surface area (Å²) in [5.74, 6) is -0.578. The Kier molecular flexibility index (Phi) is 2.47. The van der Waals surface area contributed by atoms with E-state index in [2.05, 4.69) is 4.74 Å². The molecular formula is C10H10N2O4. The van der Waals surface area contributed by atoms with Crippen LogP contribution in [0, 0.1) is 10.1 Å². The Morgan fingerprint density at radius 3 is 2.56 bits per heavy atom. The van der Waals surface area contributed by atoms with Gasteiger partial charge in [0.2, 0.25) is 6.04 Å². The third-order valence-corrected chi connectivity index (χ3v) is 2.49. The van der Waals surface area contributed by atoms with Crippen molar-refractivity contribution in [1.29, 1.82) is 0 Å². The summed E-state index contributed by atoms with van der Waals surface area (Å²) in [7, 11) is 1.22. The van der Waals surface area contributed by atoms with Gasteiger partial charge in [0, 0.05) is 10.6 Å². The molecule has 1 aromatic rings. The van der Waals surface area contributed by atoms with Crippen molar-refractivity contribution in [2.45, 2.75) is 12.2 Å². The summed E-state index contributed by atoms with van der Waals surface area (Å²) in [6, 6.07) is 7.97. The van der Waals surface area contributed by atoms with Crippen molar-refractivity contribution in [1.82, 2.24) is 0 Å². The Labute approximate surface area is 91.6 Å². The number of rotatable bonds is 3. The second-order valence-electron chi connectivity index (χ2n) is 3.41. The highest BCUT2D eigenvalue weighted by Gasteiger charge is 2.63. The molecule has 6 heteroatoms. The minimum Gasteiger partial charge on any atom is -0.467 e. The summed E-state index contributed by atoms with van der Waals surface area (Å²) in [5.41, 5.74) is 0.652. The first kappa shape index (κ1) is 10.4. The first-order valence-corrected chi connectivity index (χ1v) is 4.71. The van der Waals surface area contributed by atoms with Gasteiger partial charge in [0.25, 0.3) is 0 Å². The number of nitro groups is 1. The quantitative estimate of drug-likeness (QED) is 0.325. The van der Waals surface area contributed by atoms with Gasteiger partial charge >= 0.3 is 12.1 Å². The molecule has 0 N–H and O–H groups in total. The normalized spacial score (nSPS) is 22.7. The van der Waals surface area contributed by atoms with E-state index in [0.29, 0.717) is 5.69 Å². The molecule has 1 heterocycles. The standard InChI is InChI=1S/C10H10N2O4/c1-16-10(13)8-9(12(14)15)11(8)7-5-3-2-4-6-7/h2-6,8-9H,1H3. The van der Waals surface area contributed by atoms with E-state index in [0.717, 1.165) is 0 Å². The van der Waals surface area contributed by atoms with Gasteiger partial charge in [-0.2, -0.15) is 0 Å². The largest absolute Gasteiger partial charge is 0.467 e. The van der Waals surface area contributed by atoms with Crippen molar-refractivity contribution in [2.75, 3.05) is 12.0 Å². The van der Waals surface area contributed by atoms with Crippen LogP contribution in [0.4, 0.5) is 5.69 Å². The highest BCUT2D eigenvalue weighted by atomic mass is 16.6. The van der Waals surface area contributed by atoms with E-state index >= 15 is 0 Å². The van der Waals surface area contributed by atoms with Crippen molar-refractivity contribution in [2.24, 2.45) is 0 Å². The summed E-state index contributed by atoms with van der Waals surface area (Å²) in [6.07, 6.45) is -1.00. The van der Waals surface area contributed by atoms with Gasteiger partial charge in [0.15, 0.2) is 0 Å². The van der Waals surface area contributed by atoms with Crippen LogP contribution >= 0.6 is 0 Å². The van der Waals surface area contributed by atoms with Crippen molar-refractivity contribution in [3.05, 3.63) is 40.4 Å². The fourth-order valence-electron chi connectivity index (χ4n) is 1.71. The fraction of sp³-hybridized carbons (Fsp3) is 0.300. The van der Waals surface area contributed by atoms with Gasteiger partial charge in [0.05, 0.1) is 7.11 Å². The number of benzene rings is 1. The molecule has 1 aromatic carbocycles. The van der Waals surface area contributed by atoms with Crippen LogP contribution in [0.25, 0.3) is 0 Å². The molecule has 6 nitrogen and oxygen atoms in total. The summed E-state index contributed by atoms with van der Waals surface area (Å²) < 4.78 is 4.52. The Hall–Kier alpha value is -2.11. The number of ether oxygens (including phenoxy) is 1. The second-order valence-corrected chi connectivity index (χ2v) is 3.41. The van der Waals surface area contributed by atoms with Crippen LogP contribution in [0.3, 0.4) is 0 Å². The van der Waals surface area contributed by atoms with Gasteiger partial charge in [-0.25, -0.2) is 4.79 Å². The lowest BCUT2D eigenvalue weighted by Crippen LogP contribution is -2.16. The molecule has 0 radical (unpaired) electrons. The fourth-order valence-corrected chi connectivity index (χ4v) is 1.71. The third kappa shape index (κ3) is 1.58. The number of esters is 1. The van der Waals surface area contributed by atoms with Gasteiger partial charge in [0.1, 0.15) is 0 Å². The average Bonchev–Trinajstić information content (AvgIpc) is 3.04. The smallest absolute Gasteiger partial charge is 0.338 e. The summed E-state index contributed by atoms with van der Waals surface area (Å²) in [6.45, 7) is 0. The van der Waals surface area contributed by atoms with Crippen molar-refractivity contribution < 1.29 is 14.5 Å². The highest BCUT2D eigenvalue weighted by molar-refractivity contribution is 5.87. The van der Waals surface area contributed by atoms with Crippen LogP contribution in [0.2, 0.25) is 0 Å². The van der Waals surface area contributed by atoms with E-state index in [1.165, 1.54) is 12.0 Å². The molecule has 84 valence electrons. The molecule has 0 saturated carbocycles. The van der Waals surface area contributed by atoms with Crippen LogP contribution in [0.1, 0.15) is 0 Å². The molecule has 1 saturated heterocycles. The Bertz CT molecular complexity index is 420. The van der Waals surface area contributed by atoms with Gasteiger partial charge in [-0.1, -0.05) is 18.2 Å². The maximum absolute atomic E-state index is 11.3. The van der Waals surface area contributed by atoms with Crippen molar-refractivity contribution in [3.8, 4) is 0 Å². The molecule has 2 unspecified atom stereocenters. The Morgan fingerprint density at radius 1 is 1.44 bits per heavy atom. The predicted octanol–water partition coefficient (Wildman–Crippen LogP) is 0.651. The van der Waals surface area contributed by atoms with Gasteiger partial charge < -0.3 is 4.74 Å². The molecule has 0 bridgehead atoms. The summed E-state index contributed by atoms with van der Waals surface area (Å²) >= 11 is 0. The monoisotopic (exact) mass is 222 g/mol. The lowest BCUT2D eigenvalue weighted by Gasteiger charge is -2.01. The van der Waals surface area contributed by atoms with E-state index in [-0.39, 0.29) is 0 Å². The number of hydrogen-bond donors (Lipinski definition) is 0. The zero-order valence-corrected chi connectivity index (χ0v) is 8.57. The molecule has 0 amide bonds. The summed E-state index contributed by atoms with van der Waals surface area (Å²) in [4.78, 5) is 23.0. The molecule has 2 atom stereocenters. The highest BCUT2D eigenvalue weighted by Crippen LogP contribution is 2.35. The second kappa shape index (κ2) is 3.80. The maximum Gasteiger partial charge on any atom is 0.338 e. The number of carbonyl (C=O) groups is 1. The number of anilines is 1. The molecule has 0 aliphatic carbocycles. The van der Waals surface area contributed by atoms with E-state index in [4.69, 9.17) is 0 Å². The van der Waals surface area contributed by atoms with Gasteiger partial charge in [-0.3, -0.25) is 15.0 Å². The van der Waals surface area contributed by atoms with Crippen LogP contribution in [-0.2, 0) is 9.53 Å². The number of carbonyl (C=O) groups excluding carboxylic acids is 1. The summed E-state index contributed by atoms with van der Waals surface area (Å²) in [5, 5.41) is 10.7. The number of hydrogen-bond acceptors (Lipinski definition) is 5. The molecule has 0 spiro atoms. The molecule has 1 aliphatic heterocycles. The minimum atomic E-state index is -1.00. The lowest BCUT2D eigenvalue weighted by molar-refractivity contribution is -0.494. The van der Waals surface area contributed by atoms with Crippen LogP contribution in [0.15, 0.2) is 30.3 Å². The first-order chi connectivity index (χ1) is 7.66. The van der Waals surface area contributed by atoms with Gasteiger partial charge in [-0.05, 0) is 12.1 Å². The Morgan fingerprint density at radius 2 is 2.06 bits per heavy atom. The van der Waals surface area contributed by atoms with E-state index in [1.807, 2.05) is 0 Å². The number of methoxy groups -OCH3 is 1. The number of para-hydroxylation sites is 1. The zero-order chi connectivity index (χ0) is 11.7. The topological polar surface area (TPSA) is 72.5 Å². The first-order valence-electron chi connectivity index (χ1n) is 4.71. The van der Waals surface area contributed by atoms with Gasteiger partial charge in [-0.15, -0.1) is 0 Å². The molecule has 2 rings (SSSR count). The van der Waals surface area contributed by atoms with Crippen LogP contribution in [0.5, 0.6) is 0 Å². The Balaban J connectivity index is 2.23. The molecular weight excluding hydrogens is 212 g/mol. The van der Waals surface area contributed by atoms with Crippen LogP contribution in [-0.4, -0.2) is 30.2 Å². The van der Waals surface area contributed by atoms with E-state index in [1.54, 1.807) is 30.3 Å². The predicted molar refractivity (Wildman–Crippen MR) is 55.5 cm³/mol. The lowest BCUT2D eigenvalue weighted by atomic mass is 10.3. The molecule has 1 fully saturated rings. The van der Waals surface area contributed by atoms with Crippen molar-refractivity contribution >= 4 is 11.7 Å². The molecule has 16 heavy (non-hydrogen) atoms.